The van der Waals surface area contributed by atoms with Crippen molar-refractivity contribution in [1.29, 1.82) is 0 Å². The van der Waals surface area contributed by atoms with E-state index in [1.54, 1.807) is 24.3 Å². The van der Waals surface area contributed by atoms with E-state index in [1.807, 2.05) is 19.1 Å². The molecule has 0 aliphatic rings. The minimum Gasteiger partial charge on any atom is -0.331 e. The number of halogens is 1. The second-order valence-electron chi connectivity index (χ2n) is 5.17. The molecular weight excluding hydrogens is 336 g/mol. The van der Waals surface area contributed by atoms with Crippen LogP contribution >= 0.6 is 11.6 Å². The first-order valence-corrected chi connectivity index (χ1v) is 9.16. The van der Waals surface area contributed by atoms with Gasteiger partial charge in [0.1, 0.15) is 0 Å². The first-order valence-electron chi connectivity index (χ1n) is 6.89. The third-order valence-corrected chi connectivity index (χ3v) is 4.60. The number of hydrogen-bond donors (Lipinski definition) is 2. The van der Waals surface area contributed by atoms with Crippen LogP contribution in [0.4, 0.5) is 10.5 Å². The van der Waals surface area contributed by atoms with Gasteiger partial charge in [0.25, 0.3) is 0 Å². The molecule has 0 heterocycles. The van der Waals surface area contributed by atoms with Gasteiger partial charge in [-0.15, -0.1) is 0 Å². The van der Waals surface area contributed by atoms with Crippen LogP contribution in [0.2, 0.25) is 5.02 Å². The quantitative estimate of drug-likeness (QED) is 0.882. The van der Waals surface area contributed by atoms with Gasteiger partial charge in [0.2, 0.25) is 0 Å². The zero-order chi connectivity index (χ0) is 17.0. The van der Waals surface area contributed by atoms with Crippen molar-refractivity contribution in [2.45, 2.75) is 17.9 Å². The average Bonchev–Trinajstić information content (AvgIpc) is 2.46. The van der Waals surface area contributed by atoms with Crippen LogP contribution in [0, 0.1) is 0 Å². The molecule has 23 heavy (non-hydrogen) atoms. The van der Waals surface area contributed by atoms with E-state index in [0.29, 0.717) is 10.7 Å². The fourth-order valence-corrected chi connectivity index (χ4v) is 2.84. The van der Waals surface area contributed by atoms with E-state index >= 15 is 0 Å². The van der Waals surface area contributed by atoms with Gasteiger partial charge in [-0.05, 0) is 48.9 Å². The Kier molecular flexibility index (Phi) is 5.28. The maximum absolute atomic E-state index is 12.0. The van der Waals surface area contributed by atoms with Crippen LogP contribution in [-0.2, 0) is 9.84 Å². The predicted octanol–water partition coefficient (Wildman–Crippen LogP) is 3.63. The number of nitrogens with one attached hydrogen (secondary N) is 2. The molecule has 2 rings (SSSR count). The molecule has 2 amide bonds. The Morgan fingerprint density at radius 3 is 2.35 bits per heavy atom. The largest absolute Gasteiger partial charge is 0.331 e. The van der Waals surface area contributed by atoms with Gasteiger partial charge >= 0.3 is 6.03 Å². The average molecular weight is 353 g/mol. The van der Waals surface area contributed by atoms with E-state index in [9.17, 15) is 13.2 Å². The summed E-state index contributed by atoms with van der Waals surface area (Å²) in [5, 5.41) is 6.05. The number of rotatable bonds is 4. The van der Waals surface area contributed by atoms with Crippen LogP contribution in [0.3, 0.4) is 0 Å². The minimum absolute atomic E-state index is 0.204. The maximum Gasteiger partial charge on any atom is 0.319 e. The summed E-state index contributed by atoms with van der Waals surface area (Å²) in [6, 6.07) is 12.6. The maximum atomic E-state index is 12.0. The molecule has 0 radical (unpaired) electrons. The minimum atomic E-state index is -3.25. The van der Waals surface area contributed by atoms with Gasteiger partial charge in [-0.1, -0.05) is 23.7 Å². The van der Waals surface area contributed by atoms with Gasteiger partial charge in [0, 0.05) is 17.0 Å². The normalized spacial score (nSPS) is 12.5. The molecule has 0 fully saturated rings. The van der Waals surface area contributed by atoms with Crippen LogP contribution in [0.5, 0.6) is 0 Å². The summed E-state index contributed by atoms with van der Waals surface area (Å²) in [7, 11) is -3.25. The summed E-state index contributed by atoms with van der Waals surface area (Å²) in [6.45, 7) is 1.85. The Morgan fingerprint density at radius 2 is 1.78 bits per heavy atom. The third kappa shape index (κ3) is 4.97. The predicted molar refractivity (Wildman–Crippen MR) is 91.6 cm³/mol. The number of carbonyl (C=O) groups is 1. The number of carbonyl (C=O) groups excluding carboxylic acids is 1. The Labute approximate surface area is 140 Å². The van der Waals surface area contributed by atoms with Crippen molar-refractivity contribution in [2.75, 3.05) is 11.6 Å². The van der Waals surface area contributed by atoms with Crippen molar-refractivity contribution in [1.82, 2.24) is 5.32 Å². The smallest absolute Gasteiger partial charge is 0.319 e. The highest BCUT2D eigenvalue weighted by Gasteiger charge is 2.11. The lowest BCUT2D eigenvalue weighted by molar-refractivity contribution is 0.249. The molecule has 0 saturated carbocycles. The SMILES string of the molecule is CC(NC(=O)Nc1ccc(S(C)(=O)=O)cc1)c1cccc(Cl)c1. The lowest BCUT2D eigenvalue weighted by Gasteiger charge is -2.15. The molecule has 0 spiro atoms. The zero-order valence-electron chi connectivity index (χ0n) is 12.7. The Bertz CT molecular complexity index is 804. The van der Waals surface area contributed by atoms with Crippen LogP contribution < -0.4 is 10.6 Å². The van der Waals surface area contributed by atoms with E-state index in [0.717, 1.165) is 11.8 Å². The van der Waals surface area contributed by atoms with Gasteiger partial charge in [-0.2, -0.15) is 0 Å². The van der Waals surface area contributed by atoms with E-state index in [2.05, 4.69) is 10.6 Å². The van der Waals surface area contributed by atoms with Crippen molar-refractivity contribution in [3.8, 4) is 0 Å². The molecule has 0 bridgehead atoms. The number of amides is 2. The van der Waals surface area contributed by atoms with Crippen molar-refractivity contribution in [2.24, 2.45) is 0 Å². The summed E-state index contributed by atoms with van der Waals surface area (Å²) in [5.74, 6) is 0. The molecule has 2 aromatic carbocycles. The van der Waals surface area contributed by atoms with E-state index in [1.165, 1.54) is 12.1 Å². The molecule has 122 valence electrons. The third-order valence-electron chi connectivity index (χ3n) is 3.24. The number of hydrogen-bond acceptors (Lipinski definition) is 3. The summed E-state index contributed by atoms with van der Waals surface area (Å²) in [6.07, 6.45) is 1.13. The molecule has 1 atom stereocenters. The van der Waals surface area contributed by atoms with E-state index in [-0.39, 0.29) is 17.0 Å². The number of anilines is 1. The van der Waals surface area contributed by atoms with Gasteiger partial charge in [-0.25, -0.2) is 13.2 Å². The Morgan fingerprint density at radius 1 is 1.13 bits per heavy atom. The van der Waals surface area contributed by atoms with Crippen LogP contribution in [-0.4, -0.2) is 20.7 Å². The highest BCUT2D eigenvalue weighted by atomic mass is 35.5. The first kappa shape index (κ1) is 17.3. The second-order valence-corrected chi connectivity index (χ2v) is 7.62. The van der Waals surface area contributed by atoms with Gasteiger partial charge in [0.15, 0.2) is 9.84 Å². The molecule has 1 unspecified atom stereocenters. The monoisotopic (exact) mass is 352 g/mol. The number of benzene rings is 2. The highest BCUT2D eigenvalue weighted by Crippen LogP contribution is 2.18. The molecular formula is C16H17ClN2O3S. The van der Waals surface area contributed by atoms with Crippen molar-refractivity contribution < 1.29 is 13.2 Å². The standard InChI is InChI=1S/C16H17ClN2O3S/c1-11(12-4-3-5-13(17)10-12)18-16(20)19-14-6-8-15(9-7-14)23(2,21)22/h3-11H,1-2H3,(H2,18,19,20). The summed E-state index contributed by atoms with van der Waals surface area (Å²) in [5.41, 5.74) is 1.40. The van der Waals surface area contributed by atoms with Crippen molar-refractivity contribution >= 4 is 33.2 Å². The van der Waals surface area contributed by atoms with Crippen LogP contribution in [0.1, 0.15) is 18.5 Å². The summed E-state index contributed by atoms with van der Waals surface area (Å²) in [4.78, 5) is 12.2. The van der Waals surface area contributed by atoms with Gasteiger partial charge in [0.05, 0.1) is 10.9 Å². The Hall–Kier alpha value is -2.05. The number of urea groups is 1. The molecule has 7 heteroatoms. The lowest BCUT2D eigenvalue weighted by Crippen LogP contribution is -2.31. The Balaban J connectivity index is 1.99. The molecule has 0 aliphatic heterocycles. The number of sulfone groups is 1. The van der Waals surface area contributed by atoms with Gasteiger partial charge in [-0.3, -0.25) is 0 Å². The molecule has 5 nitrogen and oxygen atoms in total. The highest BCUT2D eigenvalue weighted by molar-refractivity contribution is 7.90. The second kappa shape index (κ2) is 7.02. The summed E-state index contributed by atoms with van der Waals surface area (Å²) >= 11 is 5.93. The first-order chi connectivity index (χ1) is 10.8. The summed E-state index contributed by atoms with van der Waals surface area (Å²) < 4.78 is 22.8. The van der Waals surface area contributed by atoms with Crippen molar-refractivity contribution in [3.05, 3.63) is 59.1 Å². The topological polar surface area (TPSA) is 75.3 Å². The van der Waals surface area contributed by atoms with Gasteiger partial charge < -0.3 is 10.6 Å². The zero-order valence-corrected chi connectivity index (χ0v) is 14.3. The van der Waals surface area contributed by atoms with E-state index < -0.39 is 9.84 Å². The van der Waals surface area contributed by atoms with E-state index in [4.69, 9.17) is 11.6 Å². The molecule has 2 N–H and O–H groups in total. The van der Waals surface area contributed by atoms with Crippen LogP contribution in [0.15, 0.2) is 53.4 Å². The molecule has 0 aliphatic carbocycles. The molecule has 2 aromatic rings. The van der Waals surface area contributed by atoms with Crippen molar-refractivity contribution in [3.63, 3.8) is 0 Å². The molecule has 0 saturated heterocycles. The fourth-order valence-electron chi connectivity index (χ4n) is 2.01. The molecule has 0 aromatic heterocycles. The fraction of sp³-hybridized carbons (Fsp3) is 0.188. The lowest BCUT2D eigenvalue weighted by atomic mass is 10.1. The van der Waals surface area contributed by atoms with Crippen LogP contribution in [0.25, 0.3) is 0 Å².